The second kappa shape index (κ2) is 8.82. The van der Waals surface area contributed by atoms with Crippen LogP contribution in [0.25, 0.3) is 0 Å². The smallest absolute Gasteiger partial charge is 0.441 e. The molecule has 1 aliphatic rings. The Kier molecular flexibility index (Phi) is 6.93. The van der Waals surface area contributed by atoms with Crippen molar-refractivity contribution in [2.45, 2.75) is 64.2 Å². The van der Waals surface area contributed by atoms with Gasteiger partial charge in [-0.25, -0.2) is 4.79 Å². The zero-order valence-electron chi connectivity index (χ0n) is 15.7. The number of halogens is 3. The monoisotopic (exact) mass is 417 g/mol. The third-order valence-corrected chi connectivity index (χ3v) is 5.70. The van der Waals surface area contributed by atoms with E-state index in [9.17, 15) is 28.0 Å². The summed E-state index contributed by atoms with van der Waals surface area (Å²) >= 11 is 1.02. The minimum atomic E-state index is -5.20. The Morgan fingerprint density at radius 1 is 1.21 bits per heavy atom. The number of thiophene rings is 1. The van der Waals surface area contributed by atoms with Crippen LogP contribution in [-0.2, 0) is 27.2 Å². The number of amides is 1. The predicted octanol–water partition coefficient (Wildman–Crippen LogP) is 3.65. The van der Waals surface area contributed by atoms with Gasteiger partial charge in [-0.1, -0.05) is 13.3 Å². The molecule has 154 valence electrons. The lowest BCUT2D eigenvalue weighted by atomic mass is 10.1. The lowest BCUT2D eigenvalue weighted by molar-refractivity contribution is -0.207. The third kappa shape index (κ3) is 4.24. The number of ether oxygens (including phenoxy) is 1. The third-order valence-electron chi connectivity index (χ3n) is 4.49. The van der Waals surface area contributed by atoms with Crippen molar-refractivity contribution < 1.29 is 27.5 Å². The van der Waals surface area contributed by atoms with Gasteiger partial charge in [0.25, 0.3) is 0 Å². The Labute approximate surface area is 165 Å². The fourth-order valence-electron chi connectivity index (χ4n) is 3.05. The summed E-state index contributed by atoms with van der Waals surface area (Å²) in [5.74, 6) is -2.65. The Hall–Kier alpha value is -2.28. The van der Waals surface area contributed by atoms with Crippen LogP contribution in [0, 0.1) is 11.3 Å². The molecule has 1 aliphatic carbocycles. The average molecular weight is 417 g/mol. The van der Waals surface area contributed by atoms with E-state index in [1.54, 1.807) is 5.32 Å². The van der Waals surface area contributed by atoms with Gasteiger partial charge in [-0.3, -0.25) is 4.79 Å². The highest BCUT2D eigenvalue weighted by molar-refractivity contribution is 7.16. The largest absolute Gasteiger partial charge is 0.463 e. The van der Waals surface area contributed by atoms with Gasteiger partial charge in [0.1, 0.15) is 11.1 Å². The highest BCUT2D eigenvalue weighted by Gasteiger charge is 2.64. The first-order valence-corrected chi connectivity index (χ1v) is 9.89. The zero-order chi connectivity index (χ0) is 20.9. The quantitative estimate of drug-likeness (QED) is 0.419. The van der Waals surface area contributed by atoms with Crippen molar-refractivity contribution in [2.75, 3.05) is 11.9 Å². The standard InChI is InChI=1S/C18H22F3N3O3S/c1-3-14(25)23-17(18(19,20)21,16(26)27-4-2)24-15-12(10-22)11-8-6-5-7-9-13(11)28-15/h24H,3-9H2,1-2H3,(H,23,25)/t17-/m1/s1. The van der Waals surface area contributed by atoms with Crippen molar-refractivity contribution in [3.63, 3.8) is 0 Å². The number of anilines is 1. The van der Waals surface area contributed by atoms with E-state index in [1.165, 1.54) is 13.8 Å². The number of nitrogens with zero attached hydrogens (tertiary/aromatic N) is 1. The van der Waals surface area contributed by atoms with E-state index >= 15 is 0 Å². The molecule has 0 aromatic carbocycles. The number of carbonyl (C=O) groups excluding carboxylic acids is 2. The van der Waals surface area contributed by atoms with Gasteiger partial charge in [0.05, 0.1) is 12.2 Å². The first-order valence-electron chi connectivity index (χ1n) is 9.07. The molecule has 1 aromatic heterocycles. The molecule has 0 radical (unpaired) electrons. The summed E-state index contributed by atoms with van der Waals surface area (Å²) < 4.78 is 46.8. The second-order valence-corrected chi connectivity index (χ2v) is 7.48. The van der Waals surface area contributed by atoms with Crippen LogP contribution in [0.3, 0.4) is 0 Å². The summed E-state index contributed by atoms with van der Waals surface area (Å²) in [6, 6.07) is 1.96. The van der Waals surface area contributed by atoms with Gasteiger partial charge in [-0.2, -0.15) is 18.4 Å². The number of nitriles is 1. The lowest BCUT2D eigenvalue weighted by Gasteiger charge is -2.34. The summed E-state index contributed by atoms with van der Waals surface area (Å²) in [5, 5.41) is 13.4. The molecule has 0 saturated heterocycles. The molecule has 28 heavy (non-hydrogen) atoms. The van der Waals surface area contributed by atoms with Crippen LogP contribution >= 0.6 is 11.3 Å². The summed E-state index contributed by atoms with van der Waals surface area (Å²) in [4.78, 5) is 25.0. The van der Waals surface area contributed by atoms with Crippen LogP contribution in [0.15, 0.2) is 0 Å². The number of hydrogen-bond donors (Lipinski definition) is 2. The van der Waals surface area contributed by atoms with E-state index in [0.29, 0.717) is 18.4 Å². The lowest BCUT2D eigenvalue weighted by Crippen LogP contribution is -2.69. The van der Waals surface area contributed by atoms with Crippen LogP contribution in [-0.4, -0.2) is 30.3 Å². The molecule has 0 bridgehead atoms. The van der Waals surface area contributed by atoms with Crippen molar-refractivity contribution in [3.05, 3.63) is 16.0 Å². The minimum absolute atomic E-state index is 0.0869. The number of carbonyl (C=O) groups is 2. The Balaban J connectivity index is 2.57. The normalized spacial score (nSPS) is 16.1. The summed E-state index contributed by atoms with van der Waals surface area (Å²) in [7, 11) is 0. The van der Waals surface area contributed by atoms with Crippen LogP contribution in [0.2, 0.25) is 0 Å². The van der Waals surface area contributed by atoms with E-state index in [4.69, 9.17) is 0 Å². The molecule has 10 heteroatoms. The second-order valence-electron chi connectivity index (χ2n) is 6.38. The molecule has 6 nitrogen and oxygen atoms in total. The summed E-state index contributed by atoms with van der Waals surface area (Å²) in [6.07, 6.45) is -1.49. The first-order chi connectivity index (χ1) is 13.2. The highest BCUT2D eigenvalue weighted by atomic mass is 32.1. The van der Waals surface area contributed by atoms with Gasteiger partial charge >= 0.3 is 17.8 Å². The van der Waals surface area contributed by atoms with Crippen molar-refractivity contribution in [3.8, 4) is 6.07 Å². The van der Waals surface area contributed by atoms with E-state index in [-0.39, 0.29) is 23.6 Å². The molecule has 2 rings (SSSR count). The van der Waals surface area contributed by atoms with Crippen molar-refractivity contribution in [1.29, 1.82) is 5.26 Å². The van der Waals surface area contributed by atoms with Gasteiger partial charge in [-0.05, 0) is 38.2 Å². The number of fused-ring (bicyclic) bond motifs is 1. The fourth-order valence-corrected chi connectivity index (χ4v) is 4.34. The van der Waals surface area contributed by atoms with Crippen molar-refractivity contribution in [2.24, 2.45) is 0 Å². The molecular weight excluding hydrogens is 395 g/mol. The number of aryl methyl sites for hydroxylation is 1. The number of esters is 1. The minimum Gasteiger partial charge on any atom is -0.463 e. The number of hydrogen-bond acceptors (Lipinski definition) is 6. The molecule has 1 atom stereocenters. The van der Waals surface area contributed by atoms with E-state index in [1.807, 2.05) is 6.07 Å². The molecule has 0 fully saturated rings. The molecule has 0 spiro atoms. The number of rotatable bonds is 6. The molecule has 1 heterocycles. The molecular formula is C18H22F3N3O3S. The van der Waals surface area contributed by atoms with Gasteiger partial charge in [0, 0.05) is 11.3 Å². The van der Waals surface area contributed by atoms with Crippen molar-refractivity contribution in [1.82, 2.24) is 5.32 Å². The predicted molar refractivity (Wildman–Crippen MR) is 97.8 cm³/mol. The van der Waals surface area contributed by atoms with Crippen LogP contribution < -0.4 is 10.6 Å². The Morgan fingerprint density at radius 2 is 1.89 bits per heavy atom. The number of nitrogens with one attached hydrogen (secondary N) is 2. The van der Waals surface area contributed by atoms with Gasteiger partial charge in [0.2, 0.25) is 5.91 Å². The van der Waals surface area contributed by atoms with Crippen LogP contribution in [0.5, 0.6) is 0 Å². The maximum atomic E-state index is 14.1. The average Bonchev–Trinajstić information content (AvgIpc) is 2.79. The van der Waals surface area contributed by atoms with Gasteiger partial charge in [-0.15, -0.1) is 11.3 Å². The Morgan fingerprint density at radius 3 is 2.46 bits per heavy atom. The maximum absolute atomic E-state index is 14.1. The Bertz CT molecular complexity index is 786. The van der Waals surface area contributed by atoms with Crippen molar-refractivity contribution >= 4 is 28.2 Å². The van der Waals surface area contributed by atoms with Crippen LogP contribution in [0.1, 0.15) is 55.5 Å². The fraction of sp³-hybridized carbons (Fsp3) is 0.611. The SMILES string of the molecule is CCOC(=O)[C@@](NC(=O)CC)(Nc1sc2c(c1C#N)CCCCC2)C(F)(F)F. The summed E-state index contributed by atoms with van der Waals surface area (Å²) in [5.41, 5.74) is -2.66. The molecule has 0 aliphatic heterocycles. The molecule has 0 saturated carbocycles. The summed E-state index contributed by atoms with van der Waals surface area (Å²) in [6.45, 7) is 2.44. The molecule has 2 N–H and O–H groups in total. The topological polar surface area (TPSA) is 91.2 Å². The maximum Gasteiger partial charge on any atom is 0.441 e. The van der Waals surface area contributed by atoms with Crippen LogP contribution in [0.4, 0.5) is 18.2 Å². The molecule has 0 unspecified atom stereocenters. The zero-order valence-corrected chi connectivity index (χ0v) is 16.5. The van der Waals surface area contributed by atoms with Gasteiger partial charge in [0.15, 0.2) is 0 Å². The molecule has 1 aromatic rings. The number of alkyl halides is 3. The van der Waals surface area contributed by atoms with E-state index < -0.39 is 23.7 Å². The van der Waals surface area contributed by atoms with E-state index in [0.717, 1.165) is 35.5 Å². The first kappa shape index (κ1) is 22.0. The highest BCUT2D eigenvalue weighted by Crippen LogP contribution is 2.41. The van der Waals surface area contributed by atoms with Gasteiger partial charge < -0.3 is 15.4 Å². The van der Waals surface area contributed by atoms with E-state index in [2.05, 4.69) is 10.1 Å². The molecule has 1 amide bonds.